The van der Waals surface area contributed by atoms with Gasteiger partial charge in [0.2, 0.25) is 0 Å². The maximum atomic E-state index is 12.8. The highest BCUT2D eigenvalue weighted by atomic mass is 16.6. The molecular weight excluding hydrogens is 390 g/mol. The Morgan fingerprint density at radius 2 is 2.03 bits per heavy atom. The van der Waals surface area contributed by atoms with Gasteiger partial charge in [0, 0.05) is 23.3 Å². The highest BCUT2D eigenvalue weighted by molar-refractivity contribution is 6.19. The predicted molar refractivity (Wildman–Crippen MR) is 105 cm³/mol. The number of aliphatic hydroxyl groups excluding tert-OH is 1. The molecule has 0 saturated heterocycles. The van der Waals surface area contributed by atoms with Crippen LogP contribution in [0.2, 0.25) is 0 Å². The van der Waals surface area contributed by atoms with E-state index < -0.39 is 22.8 Å². The number of amides is 2. The fourth-order valence-corrected chi connectivity index (χ4v) is 3.06. The van der Waals surface area contributed by atoms with Crippen molar-refractivity contribution >= 4 is 23.6 Å². The van der Waals surface area contributed by atoms with Crippen LogP contribution in [-0.2, 0) is 9.59 Å². The molecule has 9 heteroatoms. The van der Waals surface area contributed by atoms with Crippen molar-refractivity contribution in [2.24, 2.45) is 0 Å². The van der Waals surface area contributed by atoms with Crippen molar-refractivity contribution < 1.29 is 24.0 Å². The SMILES string of the molecule is CC1=C(C#N)C(=O)N(CC(C)O)C(=O)/C1=C/c1ccc(-c2cccc([N+](=O)[O-])c2)o1. The van der Waals surface area contributed by atoms with E-state index in [1.54, 1.807) is 18.2 Å². The number of β-amino-alcohol motifs (C(OH)–C–C–N with tert-alkyl or cyclic N) is 1. The standard InChI is InChI=1S/C21H17N3O6/c1-12(25)11-23-20(26)17(13(2)18(10-22)21(23)27)9-16-6-7-19(30-16)14-4-3-5-15(8-14)24(28)29/h3-9,12,25H,11H2,1-2H3/b17-9+. The summed E-state index contributed by atoms with van der Waals surface area (Å²) in [6.07, 6.45) is 0.443. The van der Waals surface area contributed by atoms with Gasteiger partial charge in [0.15, 0.2) is 0 Å². The first kappa shape index (κ1) is 20.7. The number of hydrogen-bond donors (Lipinski definition) is 1. The van der Waals surface area contributed by atoms with Gasteiger partial charge in [-0.3, -0.25) is 24.6 Å². The molecule has 2 amide bonds. The lowest BCUT2D eigenvalue weighted by molar-refractivity contribution is -0.384. The molecule has 152 valence electrons. The number of nitro benzene ring substituents is 1. The van der Waals surface area contributed by atoms with Gasteiger partial charge in [-0.2, -0.15) is 5.26 Å². The van der Waals surface area contributed by atoms with Gasteiger partial charge in [0.25, 0.3) is 17.5 Å². The molecule has 0 fully saturated rings. The first-order chi connectivity index (χ1) is 14.2. The Labute approximate surface area is 171 Å². The van der Waals surface area contributed by atoms with E-state index in [9.17, 15) is 30.1 Å². The summed E-state index contributed by atoms with van der Waals surface area (Å²) in [6.45, 7) is 2.67. The van der Waals surface area contributed by atoms with E-state index >= 15 is 0 Å². The van der Waals surface area contributed by atoms with Crippen LogP contribution >= 0.6 is 0 Å². The van der Waals surface area contributed by atoms with Gasteiger partial charge in [0.05, 0.1) is 17.6 Å². The fourth-order valence-electron chi connectivity index (χ4n) is 3.06. The van der Waals surface area contributed by atoms with E-state index in [1.807, 2.05) is 6.07 Å². The van der Waals surface area contributed by atoms with Gasteiger partial charge in [-0.1, -0.05) is 12.1 Å². The third-order valence-electron chi connectivity index (χ3n) is 4.53. The number of aliphatic hydroxyl groups is 1. The Kier molecular flexibility index (Phi) is 5.62. The zero-order valence-corrected chi connectivity index (χ0v) is 16.2. The van der Waals surface area contributed by atoms with Crippen molar-refractivity contribution in [2.75, 3.05) is 6.54 Å². The van der Waals surface area contributed by atoms with Crippen molar-refractivity contribution in [1.82, 2.24) is 4.90 Å². The molecule has 1 N–H and O–H groups in total. The summed E-state index contributed by atoms with van der Waals surface area (Å²) in [4.78, 5) is 36.5. The second kappa shape index (κ2) is 8.14. The van der Waals surface area contributed by atoms with Crippen LogP contribution in [0.1, 0.15) is 19.6 Å². The van der Waals surface area contributed by atoms with Crippen molar-refractivity contribution in [3.8, 4) is 17.4 Å². The molecular formula is C21H17N3O6. The molecule has 2 aromatic rings. The first-order valence-corrected chi connectivity index (χ1v) is 8.95. The smallest absolute Gasteiger partial charge is 0.271 e. The van der Waals surface area contributed by atoms with Crippen LogP contribution in [-0.4, -0.2) is 39.4 Å². The molecule has 9 nitrogen and oxygen atoms in total. The molecule has 0 radical (unpaired) electrons. The molecule has 3 rings (SSSR count). The van der Waals surface area contributed by atoms with Crippen LogP contribution in [0.15, 0.2) is 57.5 Å². The minimum Gasteiger partial charge on any atom is -0.457 e. The number of imide groups is 1. The van der Waals surface area contributed by atoms with Crippen LogP contribution < -0.4 is 0 Å². The maximum absolute atomic E-state index is 12.8. The molecule has 2 heterocycles. The highest BCUT2D eigenvalue weighted by Gasteiger charge is 2.36. The lowest BCUT2D eigenvalue weighted by atomic mass is 9.94. The van der Waals surface area contributed by atoms with Gasteiger partial charge in [-0.25, -0.2) is 0 Å². The van der Waals surface area contributed by atoms with Gasteiger partial charge in [0.1, 0.15) is 23.2 Å². The summed E-state index contributed by atoms with van der Waals surface area (Å²) in [6, 6.07) is 10.9. The number of nitriles is 1. The van der Waals surface area contributed by atoms with Gasteiger partial charge >= 0.3 is 0 Å². The number of furan rings is 1. The van der Waals surface area contributed by atoms with Crippen LogP contribution in [0.4, 0.5) is 5.69 Å². The first-order valence-electron chi connectivity index (χ1n) is 8.95. The Morgan fingerprint density at radius 3 is 2.67 bits per heavy atom. The van der Waals surface area contributed by atoms with E-state index in [-0.39, 0.29) is 34.7 Å². The Bertz CT molecular complexity index is 1150. The third kappa shape index (κ3) is 3.90. The van der Waals surface area contributed by atoms with Gasteiger partial charge in [-0.05, 0) is 37.6 Å². The molecule has 0 bridgehead atoms. The summed E-state index contributed by atoms with van der Waals surface area (Å²) in [5.41, 5.74) is 0.511. The Balaban J connectivity index is 2.02. The van der Waals surface area contributed by atoms with Crippen LogP contribution in [0.5, 0.6) is 0 Å². The number of rotatable bonds is 5. The summed E-state index contributed by atoms with van der Waals surface area (Å²) in [5.74, 6) is -0.781. The zero-order chi connectivity index (χ0) is 22.0. The summed E-state index contributed by atoms with van der Waals surface area (Å²) in [7, 11) is 0. The summed E-state index contributed by atoms with van der Waals surface area (Å²) in [5, 5.41) is 29.9. The third-order valence-corrected chi connectivity index (χ3v) is 4.53. The lowest BCUT2D eigenvalue weighted by Crippen LogP contribution is -2.45. The van der Waals surface area contributed by atoms with Gasteiger partial charge < -0.3 is 9.52 Å². The minimum absolute atomic E-state index is 0.0871. The average Bonchev–Trinajstić information content (AvgIpc) is 3.17. The molecule has 0 saturated carbocycles. The number of carbonyl (C=O) groups is 2. The van der Waals surface area contributed by atoms with Crippen molar-refractivity contribution in [1.29, 1.82) is 5.26 Å². The number of nitrogens with zero attached hydrogens (tertiary/aromatic N) is 3. The second-order valence-electron chi connectivity index (χ2n) is 6.75. The van der Waals surface area contributed by atoms with E-state index in [0.29, 0.717) is 11.3 Å². The molecule has 0 spiro atoms. The summed E-state index contributed by atoms with van der Waals surface area (Å²) >= 11 is 0. The Hall–Kier alpha value is -4.03. The van der Waals surface area contributed by atoms with Crippen LogP contribution in [0.25, 0.3) is 17.4 Å². The normalized spacial score (nSPS) is 16.7. The number of nitro groups is 1. The maximum Gasteiger partial charge on any atom is 0.271 e. The fraction of sp³-hybridized carbons (Fsp3) is 0.190. The van der Waals surface area contributed by atoms with E-state index in [2.05, 4.69) is 0 Å². The summed E-state index contributed by atoms with van der Waals surface area (Å²) < 4.78 is 5.71. The molecule has 1 atom stereocenters. The molecule has 0 aliphatic carbocycles. The molecule has 1 aromatic carbocycles. The van der Waals surface area contributed by atoms with Crippen molar-refractivity contribution in [2.45, 2.75) is 20.0 Å². The molecule has 1 aliphatic rings. The van der Waals surface area contributed by atoms with Crippen LogP contribution in [0, 0.1) is 21.4 Å². The molecule has 1 aromatic heterocycles. The zero-order valence-electron chi connectivity index (χ0n) is 16.2. The quantitative estimate of drug-likeness (QED) is 0.348. The highest BCUT2D eigenvalue weighted by Crippen LogP contribution is 2.30. The van der Waals surface area contributed by atoms with Crippen molar-refractivity contribution in [3.63, 3.8) is 0 Å². The number of benzene rings is 1. The predicted octanol–water partition coefficient (Wildman–Crippen LogP) is 2.83. The van der Waals surface area contributed by atoms with E-state index in [0.717, 1.165) is 4.90 Å². The molecule has 1 aliphatic heterocycles. The molecule has 30 heavy (non-hydrogen) atoms. The van der Waals surface area contributed by atoms with E-state index in [1.165, 1.54) is 38.1 Å². The minimum atomic E-state index is -0.957. The van der Waals surface area contributed by atoms with Crippen LogP contribution in [0.3, 0.4) is 0 Å². The number of hydrogen-bond acceptors (Lipinski definition) is 7. The van der Waals surface area contributed by atoms with Crippen molar-refractivity contribution in [3.05, 3.63) is 69.0 Å². The lowest BCUT2D eigenvalue weighted by Gasteiger charge is -2.28. The second-order valence-corrected chi connectivity index (χ2v) is 6.75. The van der Waals surface area contributed by atoms with E-state index in [4.69, 9.17) is 4.42 Å². The number of carbonyl (C=O) groups excluding carboxylic acids is 2. The van der Waals surface area contributed by atoms with Gasteiger partial charge in [-0.15, -0.1) is 0 Å². The largest absolute Gasteiger partial charge is 0.457 e. The monoisotopic (exact) mass is 407 g/mol. The Morgan fingerprint density at radius 1 is 1.30 bits per heavy atom. The number of non-ortho nitro benzene ring substituents is 1. The topological polar surface area (TPSA) is 138 Å². The molecule has 1 unspecified atom stereocenters. The average molecular weight is 407 g/mol.